The van der Waals surface area contributed by atoms with Crippen LogP contribution >= 0.6 is 15.9 Å². The van der Waals surface area contributed by atoms with Crippen molar-refractivity contribution >= 4 is 15.9 Å². The Balaban J connectivity index is 1.76. The van der Waals surface area contributed by atoms with Crippen molar-refractivity contribution < 1.29 is 5.32 Å². The van der Waals surface area contributed by atoms with Crippen LogP contribution in [0.5, 0.6) is 0 Å². The second kappa shape index (κ2) is 6.72. The highest BCUT2D eigenvalue weighted by Crippen LogP contribution is 2.09. The molecule has 0 fully saturated rings. The fourth-order valence-corrected chi connectivity index (χ4v) is 2.30. The van der Waals surface area contributed by atoms with Gasteiger partial charge in [-0.2, -0.15) is 0 Å². The van der Waals surface area contributed by atoms with Crippen molar-refractivity contribution in [3.8, 4) is 0 Å². The van der Waals surface area contributed by atoms with Gasteiger partial charge < -0.3 is 5.32 Å². The molecule has 94 valence electrons. The lowest BCUT2D eigenvalue weighted by Gasteiger charge is -2.05. The first kappa shape index (κ1) is 13.3. The molecular formula is C16H19BrN+. The van der Waals surface area contributed by atoms with Gasteiger partial charge in [-0.15, -0.1) is 0 Å². The summed E-state index contributed by atoms with van der Waals surface area (Å²) in [6.45, 7) is 4.38. The number of benzene rings is 2. The number of aryl methyl sites for hydroxylation is 1. The van der Waals surface area contributed by atoms with Crippen LogP contribution in [-0.4, -0.2) is 6.54 Å². The van der Waals surface area contributed by atoms with Gasteiger partial charge in [-0.1, -0.05) is 52.3 Å². The first-order valence-corrected chi connectivity index (χ1v) is 7.15. The van der Waals surface area contributed by atoms with Crippen molar-refractivity contribution in [2.45, 2.75) is 19.9 Å². The van der Waals surface area contributed by atoms with E-state index in [9.17, 15) is 0 Å². The Hall–Kier alpha value is -1.12. The molecule has 0 atom stereocenters. The van der Waals surface area contributed by atoms with Crippen LogP contribution in [-0.2, 0) is 13.0 Å². The van der Waals surface area contributed by atoms with Gasteiger partial charge in [-0.3, -0.25) is 0 Å². The lowest BCUT2D eigenvalue weighted by atomic mass is 10.1. The summed E-state index contributed by atoms with van der Waals surface area (Å²) in [7, 11) is 0. The van der Waals surface area contributed by atoms with E-state index in [0.717, 1.165) is 24.0 Å². The predicted octanol–water partition coefficient (Wildman–Crippen LogP) is 3.06. The molecule has 2 N–H and O–H groups in total. The molecule has 0 spiro atoms. The maximum absolute atomic E-state index is 3.46. The maximum atomic E-state index is 3.46. The number of hydrogen-bond acceptors (Lipinski definition) is 0. The van der Waals surface area contributed by atoms with Crippen LogP contribution in [0, 0.1) is 6.92 Å². The van der Waals surface area contributed by atoms with Gasteiger partial charge in [-0.05, 0) is 30.2 Å². The fourth-order valence-electron chi connectivity index (χ4n) is 2.04. The molecule has 0 aromatic heterocycles. The molecule has 0 bridgehead atoms. The molecule has 2 heteroatoms. The van der Waals surface area contributed by atoms with Gasteiger partial charge in [0.05, 0.1) is 6.54 Å². The minimum atomic E-state index is 1.05. The Morgan fingerprint density at radius 1 is 1.00 bits per heavy atom. The summed E-state index contributed by atoms with van der Waals surface area (Å²) in [5, 5.41) is 2.37. The van der Waals surface area contributed by atoms with E-state index < -0.39 is 0 Å². The van der Waals surface area contributed by atoms with Crippen LogP contribution in [0.3, 0.4) is 0 Å². The van der Waals surface area contributed by atoms with Crippen molar-refractivity contribution in [2.75, 3.05) is 6.54 Å². The number of halogens is 1. The first-order valence-electron chi connectivity index (χ1n) is 6.36. The standard InChI is InChI=1S/C16H18BrN/c1-13-4-2-3-5-15(13)10-11-18-12-14-6-8-16(17)9-7-14/h2-9,18H,10-12H2,1H3/p+1. The molecule has 1 nitrogen and oxygen atoms in total. The van der Waals surface area contributed by atoms with Crippen molar-refractivity contribution in [1.82, 2.24) is 0 Å². The van der Waals surface area contributed by atoms with Crippen LogP contribution < -0.4 is 5.32 Å². The van der Waals surface area contributed by atoms with Gasteiger partial charge in [-0.25, -0.2) is 0 Å². The summed E-state index contributed by atoms with van der Waals surface area (Å²) in [6.07, 6.45) is 1.14. The normalized spacial score (nSPS) is 10.6. The van der Waals surface area contributed by atoms with Crippen LogP contribution in [0.2, 0.25) is 0 Å². The zero-order valence-electron chi connectivity index (χ0n) is 10.7. The van der Waals surface area contributed by atoms with E-state index in [2.05, 4.69) is 76.7 Å². The van der Waals surface area contributed by atoms with Gasteiger partial charge >= 0.3 is 0 Å². The molecule has 0 amide bonds. The van der Waals surface area contributed by atoms with E-state index in [1.54, 1.807) is 0 Å². The summed E-state index contributed by atoms with van der Waals surface area (Å²) in [5.41, 5.74) is 4.24. The molecule has 18 heavy (non-hydrogen) atoms. The molecule has 0 aliphatic heterocycles. The van der Waals surface area contributed by atoms with Crippen molar-refractivity contribution in [3.05, 3.63) is 69.7 Å². The highest BCUT2D eigenvalue weighted by atomic mass is 79.9. The fraction of sp³-hybridized carbons (Fsp3) is 0.250. The van der Waals surface area contributed by atoms with Crippen molar-refractivity contribution in [2.24, 2.45) is 0 Å². The third-order valence-corrected chi connectivity index (χ3v) is 3.70. The van der Waals surface area contributed by atoms with Gasteiger partial charge in [0.2, 0.25) is 0 Å². The van der Waals surface area contributed by atoms with Crippen LogP contribution in [0.1, 0.15) is 16.7 Å². The molecule has 0 saturated carbocycles. The summed E-state index contributed by atoms with van der Waals surface area (Å²) >= 11 is 3.46. The van der Waals surface area contributed by atoms with E-state index in [1.165, 1.54) is 16.7 Å². The number of nitrogens with two attached hydrogens (primary N) is 1. The zero-order chi connectivity index (χ0) is 12.8. The molecule has 0 unspecified atom stereocenters. The average molecular weight is 305 g/mol. The van der Waals surface area contributed by atoms with Crippen molar-refractivity contribution in [1.29, 1.82) is 0 Å². The number of hydrogen-bond donors (Lipinski definition) is 1. The monoisotopic (exact) mass is 304 g/mol. The Morgan fingerprint density at radius 2 is 1.72 bits per heavy atom. The Morgan fingerprint density at radius 3 is 2.44 bits per heavy atom. The van der Waals surface area contributed by atoms with Crippen molar-refractivity contribution in [3.63, 3.8) is 0 Å². The van der Waals surface area contributed by atoms with Crippen LogP contribution in [0.15, 0.2) is 53.0 Å². The summed E-state index contributed by atoms with van der Waals surface area (Å²) < 4.78 is 1.14. The number of rotatable bonds is 5. The third kappa shape index (κ3) is 3.97. The Kier molecular flexibility index (Phi) is 4.97. The molecule has 0 saturated heterocycles. The molecule has 0 aliphatic carbocycles. The molecule has 0 heterocycles. The third-order valence-electron chi connectivity index (χ3n) is 3.17. The topological polar surface area (TPSA) is 16.6 Å². The predicted molar refractivity (Wildman–Crippen MR) is 79.5 cm³/mol. The van der Waals surface area contributed by atoms with Crippen LogP contribution in [0.4, 0.5) is 0 Å². The molecular weight excluding hydrogens is 286 g/mol. The smallest absolute Gasteiger partial charge is 0.101 e. The molecule has 0 aliphatic rings. The molecule has 2 rings (SSSR count). The van der Waals surface area contributed by atoms with Gasteiger partial charge in [0.1, 0.15) is 6.54 Å². The van der Waals surface area contributed by atoms with Gasteiger partial charge in [0.15, 0.2) is 0 Å². The quantitative estimate of drug-likeness (QED) is 0.818. The second-order valence-corrected chi connectivity index (χ2v) is 5.50. The van der Waals surface area contributed by atoms with E-state index in [-0.39, 0.29) is 0 Å². The second-order valence-electron chi connectivity index (χ2n) is 4.58. The molecule has 2 aromatic carbocycles. The molecule has 0 radical (unpaired) electrons. The van der Waals surface area contributed by atoms with E-state index in [1.807, 2.05) is 0 Å². The highest BCUT2D eigenvalue weighted by molar-refractivity contribution is 9.10. The minimum absolute atomic E-state index is 1.05. The number of quaternary nitrogens is 1. The Labute approximate surface area is 117 Å². The van der Waals surface area contributed by atoms with E-state index in [4.69, 9.17) is 0 Å². The maximum Gasteiger partial charge on any atom is 0.101 e. The van der Waals surface area contributed by atoms with E-state index in [0.29, 0.717) is 0 Å². The Bertz CT molecular complexity index is 491. The van der Waals surface area contributed by atoms with E-state index >= 15 is 0 Å². The average Bonchev–Trinajstić information content (AvgIpc) is 2.39. The lowest BCUT2D eigenvalue weighted by Crippen LogP contribution is -2.83. The van der Waals surface area contributed by atoms with Gasteiger partial charge in [0, 0.05) is 16.5 Å². The summed E-state index contributed by atoms with van der Waals surface area (Å²) in [6, 6.07) is 17.2. The summed E-state index contributed by atoms with van der Waals surface area (Å²) in [4.78, 5) is 0. The zero-order valence-corrected chi connectivity index (χ0v) is 12.3. The van der Waals surface area contributed by atoms with Gasteiger partial charge in [0.25, 0.3) is 0 Å². The molecule has 2 aromatic rings. The SMILES string of the molecule is Cc1ccccc1CC[NH2+]Cc1ccc(Br)cc1. The summed E-state index contributed by atoms with van der Waals surface area (Å²) in [5.74, 6) is 0. The highest BCUT2D eigenvalue weighted by Gasteiger charge is 1.99. The largest absolute Gasteiger partial charge is 0.342 e. The minimum Gasteiger partial charge on any atom is -0.342 e. The van der Waals surface area contributed by atoms with Crippen LogP contribution in [0.25, 0.3) is 0 Å². The first-order chi connectivity index (χ1) is 8.75. The lowest BCUT2D eigenvalue weighted by molar-refractivity contribution is -0.670.